The number of anilines is 1. The van der Waals surface area contributed by atoms with Gasteiger partial charge in [-0.3, -0.25) is 14.4 Å². The Morgan fingerprint density at radius 3 is 2.53 bits per heavy atom. The van der Waals surface area contributed by atoms with Gasteiger partial charge in [-0.25, -0.2) is 5.06 Å². The van der Waals surface area contributed by atoms with Gasteiger partial charge in [0.1, 0.15) is 0 Å². The molecule has 0 radical (unpaired) electrons. The second-order valence-electron chi connectivity index (χ2n) is 7.32. The van der Waals surface area contributed by atoms with Crippen molar-refractivity contribution in [2.24, 2.45) is 0 Å². The number of nitrogen functional groups attached to an aromatic ring is 1. The lowest BCUT2D eigenvalue weighted by molar-refractivity contribution is -0.186. The quantitative estimate of drug-likeness (QED) is 0.461. The number of rotatable bonds is 7. The van der Waals surface area contributed by atoms with Crippen molar-refractivity contribution < 1.29 is 14.4 Å². The molecule has 0 atom stereocenters. The number of carbonyl (C=O) groups is 2. The molecule has 30 heavy (non-hydrogen) atoms. The number of nitrogens with two attached hydrogens (primary N) is 1. The Labute approximate surface area is 176 Å². The number of fused-ring (bicyclic) bond motifs is 1. The molecule has 0 fully saturated rings. The second kappa shape index (κ2) is 9.00. The van der Waals surface area contributed by atoms with Crippen molar-refractivity contribution >= 4 is 28.4 Å². The summed E-state index contributed by atoms with van der Waals surface area (Å²) in [5, 5.41) is 2.40. The van der Waals surface area contributed by atoms with Crippen LogP contribution in [0.15, 0.2) is 42.5 Å². The molecule has 3 N–H and O–H groups in total. The van der Waals surface area contributed by atoms with Gasteiger partial charge in [-0.15, -0.1) is 0 Å². The van der Waals surface area contributed by atoms with E-state index in [1.54, 1.807) is 37.1 Å². The molecule has 2 amide bonds. The zero-order valence-corrected chi connectivity index (χ0v) is 17.9. The predicted molar refractivity (Wildman–Crippen MR) is 118 cm³/mol. The van der Waals surface area contributed by atoms with Gasteiger partial charge >= 0.3 is 0 Å². The van der Waals surface area contributed by atoms with Crippen LogP contribution >= 0.6 is 0 Å². The molecule has 1 heterocycles. The molecule has 0 saturated heterocycles. The van der Waals surface area contributed by atoms with Crippen molar-refractivity contribution in [2.45, 2.75) is 33.9 Å². The van der Waals surface area contributed by atoms with Crippen molar-refractivity contribution in [1.82, 2.24) is 14.9 Å². The van der Waals surface area contributed by atoms with Gasteiger partial charge in [-0.05, 0) is 49.2 Å². The number of carbonyl (C=O) groups excluding carboxylic acids is 2. The minimum absolute atomic E-state index is 0.125. The highest BCUT2D eigenvalue weighted by Gasteiger charge is 2.18. The summed E-state index contributed by atoms with van der Waals surface area (Å²) in [5.74, 6) is -0.348. The third kappa shape index (κ3) is 4.46. The fraction of sp³-hybridized carbons (Fsp3) is 0.304. The highest BCUT2D eigenvalue weighted by Crippen LogP contribution is 2.23. The van der Waals surface area contributed by atoms with E-state index in [1.807, 2.05) is 18.2 Å². The maximum Gasteiger partial charge on any atom is 0.253 e. The number of nitrogens with zero attached hydrogens (tertiary/aromatic N) is 2. The van der Waals surface area contributed by atoms with E-state index >= 15 is 0 Å². The number of aromatic amines is 1. The number of aryl methyl sites for hydroxylation is 1. The van der Waals surface area contributed by atoms with Gasteiger partial charge in [0.05, 0.1) is 19.7 Å². The molecule has 3 rings (SSSR count). The van der Waals surface area contributed by atoms with Gasteiger partial charge in [0.2, 0.25) is 5.91 Å². The topological polar surface area (TPSA) is 91.7 Å². The van der Waals surface area contributed by atoms with Crippen LogP contribution in [0.4, 0.5) is 5.69 Å². The molecular formula is C23H28N4O3. The molecule has 0 aliphatic heterocycles. The van der Waals surface area contributed by atoms with E-state index in [-0.39, 0.29) is 18.4 Å². The third-order valence-corrected chi connectivity index (χ3v) is 5.15. The molecule has 2 aromatic carbocycles. The molecule has 1 aromatic heterocycles. The lowest BCUT2D eigenvalue weighted by Gasteiger charge is -2.21. The first-order chi connectivity index (χ1) is 14.3. The third-order valence-electron chi connectivity index (χ3n) is 5.15. The lowest BCUT2D eigenvalue weighted by atomic mass is 10.1. The standard InChI is InChI=1S/C23H28N4O3/c1-5-30-27(16(3)28)13-18-12-17(10-11-20(18)24)23(29)26(4)14-22-15(2)19-8-6-7-9-21(19)25-22/h6-12,25H,5,13-14,24H2,1-4H3. The first kappa shape index (κ1) is 21.4. The van der Waals surface area contributed by atoms with E-state index in [1.165, 1.54) is 12.0 Å². The average molecular weight is 409 g/mol. The van der Waals surface area contributed by atoms with Gasteiger partial charge in [0.15, 0.2) is 0 Å². The minimum atomic E-state index is -0.223. The Kier molecular flexibility index (Phi) is 6.42. The van der Waals surface area contributed by atoms with E-state index < -0.39 is 0 Å². The molecule has 0 aliphatic carbocycles. The highest BCUT2D eigenvalue weighted by atomic mass is 16.7. The number of amides is 2. The van der Waals surface area contributed by atoms with Crippen LogP contribution in [0.1, 0.15) is 41.0 Å². The van der Waals surface area contributed by atoms with Gasteiger partial charge in [0.25, 0.3) is 5.91 Å². The van der Waals surface area contributed by atoms with Crippen molar-refractivity contribution in [3.63, 3.8) is 0 Å². The number of H-pyrrole nitrogens is 1. The fourth-order valence-corrected chi connectivity index (χ4v) is 3.46. The Morgan fingerprint density at radius 2 is 1.87 bits per heavy atom. The lowest BCUT2D eigenvalue weighted by Crippen LogP contribution is -2.29. The summed E-state index contributed by atoms with van der Waals surface area (Å²) in [4.78, 5) is 35.2. The second-order valence-corrected chi connectivity index (χ2v) is 7.32. The van der Waals surface area contributed by atoms with Crippen molar-refractivity contribution in [3.05, 3.63) is 64.8 Å². The molecular weight excluding hydrogens is 380 g/mol. The minimum Gasteiger partial charge on any atom is -0.398 e. The molecule has 7 nitrogen and oxygen atoms in total. The normalized spacial score (nSPS) is 10.9. The van der Waals surface area contributed by atoms with Crippen LogP contribution < -0.4 is 5.73 Å². The van der Waals surface area contributed by atoms with E-state index in [0.29, 0.717) is 30.0 Å². The number of hydroxylamine groups is 2. The molecule has 158 valence electrons. The van der Waals surface area contributed by atoms with E-state index in [9.17, 15) is 9.59 Å². The summed E-state index contributed by atoms with van der Waals surface area (Å²) in [5.41, 5.74) is 10.9. The molecule has 0 bridgehead atoms. The van der Waals surface area contributed by atoms with Crippen LogP contribution in [-0.4, -0.2) is 40.4 Å². The Hall–Kier alpha value is -3.32. The monoisotopic (exact) mass is 408 g/mol. The van der Waals surface area contributed by atoms with Crippen molar-refractivity contribution in [3.8, 4) is 0 Å². The van der Waals surface area contributed by atoms with Gasteiger partial charge < -0.3 is 15.6 Å². The number of benzene rings is 2. The largest absolute Gasteiger partial charge is 0.398 e. The Morgan fingerprint density at radius 1 is 1.13 bits per heavy atom. The zero-order chi connectivity index (χ0) is 21.8. The van der Waals surface area contributed by atoms with Crippen LogP contribution in [-0.2, 0) is 22.7 Å². The van der Waals surface area contributed by atoms with Crippen LogP contribution in [0.25, 0.3) is 10.9 Å². The molecule has 0 spiro atoms. The van der Waals surface area contributed by atoms with Crippen molar-refractivity contribution in [2.75, 3.05) is 19.4 Å². The molecule has 0 saturated carbocycles. The SMILES string of the molecule is CCON(Cc1cc(C(=O)N(C)Cc2[nH]c3ccccc3c2C)ccc1N)C(C)=O. The number of hydrogen-bond acceptors (Lipinski definition) is 4. The summed E-state index contributed by atoms with van der Waals surface area (Å²) in [6, 6.07) is 13.2. The summed E-state index contributed by atoms with van der Waals surface area (Å²) < 4.78 is 0. The number of hydrogen-bond donors (Lipinski definition) is 2. The average Bonchev–Trinajstić information content (AvgIpc) is 3.04. The number of nitrogens with one attached hydrogen (secondary N) is 1. The van der Waals surface area contributed by atoms with Crippen LogP contribution in [0.2, 0.25) is 0 Å². The molecule has 0 unspecified atom stereocenters. The van der Waals surface area contributed by atoms with Gasteiger partial charge in [-0.1, -0.05) is 18.2 Å². The first-order valence-electron chi connectivity index (χ1n) is 9.92. The van der Waals surface area contributed by atoms with Crippen molar-refractivity contribution in [1.29, 1.82) is 0 Å². The summed E-state index contributed by atoms with van der Waals surface area (Å²) >= 11 is 0. The summed E-state index contributed by atoms with van der Waals surface area (Å²) in [6.45, 7) is 6.29. The zero-order valence-electron chi connectivity index (χ0n) is 17.9. The van der Waals surface area contributed by atoms with E-state index in [0.717, 1.165) is 22.2 Å². The molecule has 7 heteroatoms. The van der Waals surface area contributed by atoms with Gasteiger partial charge in [0, 0.05) is 41.8 Å². The fourth-order valence-electron chi connectivity index (χ4n) is 3.46. The Bertz CT molecular complexity index is 1070. The number of aromatic nitrogens is 1. The maximum absolute atomic E-state index is 13.0. The highest BCUT2D eigenvalue weighted by molar-refractivity contribution is 5.95. The first-order valence-corrected chi connectivity index (χ1v) is 9.92. The molecule has 3 aromatic rings. The number of para-hydroxylation sites is 1. The van der Waals surface area contributed by atoms with Crippen LogP contribution in [0.5, 0.6) is 0 Å². The Balaban J connectivity index is 1.80. The summed E-state index contributed by atoms with van der Waals surface area (Å²) in [7, 11) is 1.77. The van der Waals surface area contributed by atoms with Gasteiger partial charge in [-0.2, -0.15) is 0 Å². The van der Waals surface area contributed by atoms with Crippen LogP contribution in [0, 0.1) is 6.92 Å². The summed E-state index contributed by atoms with van der Waals surface area (Å²) in [6.07, 6.45) is 0. The van der Waals surface area contributed by atoms with Crippen LogP contribution in [0.3, 0.4) is 0 Å². The van der Waals surface area contributed by atoms with E-state index in [2.05, 4.69) is 18.0 Å². The predicted octanol–water partition coefficient (Wildman–Crippen LogP) is 3.63. The smallest absolute Gasteiger partial charge is 0.253 e. The maximum atomic E-state index is 13.0. The van der Waals surface area contributed by atoms with E-state index in [4.69, 9.17) is 10.6 Å². The molecule has 0 aliphatic rings.